The number of nitrogens with one attached hydrogen (secondary N) is 1. The summed E-state index contributed by atoms with van der Waals surface area (Å²) in [6.07, 6.45) is 1.86. The van der Waals surface area contributed by atoms with Crippen molar-refractivity contribution in [2.24, 2.45) is 0 Å². The molecule has 17 heavy (non-hydrogen) atoms. The summed E-state index contributed by atoms with van der Waals surface area (Å²) >= 11 is 11.1. The van der Waals surface area contributed by atoms with E-state index in [0.29, 0.717) is 0 Å². The monoisotopic (exact) mass is 333 g/mol. The van der Waals surface area contributed by atoms with E-state index in [1.807, 2.05) is 17.8 Å². The minimum Gasteiger partial charge on any atom is -0.310 e. The molecule has 0 aliphatic heterocycles. The quantitative estimate of drug-likeness (QED) is 0.849. The molecule has 0 bridgehead atoms. The summed E-state index contributed by atoms with van der Waals surface area (Å²) in [7, 11) is 0. The van der Waals surface area contributed by atoms with Gasteiger partial charge in [-0.3, -0.25) is 4.68 Å². The van der Waals surface area contributed by atoms with Crippen LogP contribution in [0.2, 0.25) is 5.02 Å². The molecule has 0 fully saturated rings. The van der Waals surface area contributed by atoms with Gasteiger partial charge in [-0.05, 0) is 28.9 Å². The fourth-order valence-corrected chi connectivity index (χ4v) is 3.03. The van der Waals surface area contributed by atoms with Gasteiger partial charge in [-0.25, -0.2) is 0 Å². The molecule has 6 heteroatoms. The van der Waals surface area contributed by atoms with Gasteiger partial charge in [0, 0.05) is 34.0 Å². The van der Waals surface area contributed by atoms with Crippen LogP contribution in [0.5, 0.6) is 0 Å². The normalized spacial score (nSPS) is 11.0. The average Bonchev–Trinajstić information content (AvgIpc) is 2.82. The van der Waals surface area contributed by atoms with Crippen LogP contribution in [-0.2, 0) is 13.1 Å². The van der Waals surface area contributed by atoms with Gasteiger partial charge in [0.2, 0.25) is 0 Å². The Hall–Kier alpha value is -0.360. The molecule has 0 radical (unpaired) electrons. The molecule has 0 amide bonds. The zero-order valence-corrected chi connectivity index (χ0v) is 12.6. The predicted molar refractivity (Wildman–Crippen MR) is 75.7 cm³/mol. The van der Waals surface area contributed by atoms with Crippen LogP contribution in [0, 0.1) is 6.92 Å². The highest BCUT2D eigenvalue weighted by Gasteiger charge is 2.01. The zero-order valence-electron chi connectivity index (χ0n) is 9.41. The van der Waals surface area contributed by atoms with E-state index in [1.54, 1.807) is 11.3 Å². The topological polar surface area (TPSA) is 29.9 Å². The van der Waals surface area contributed by atoms with E-state index in [1.165, 1.54) is 4.88 Å². The minimum absolute atomic E-state index is 0.729. The summed E-state index contributed by atoms with van der Waals surface area (Å²) in [6, 6.07) is 2.13. The first-order valence-electron chi connectivity index (χ1n) is 5.28. The standard InChI is InChI=1S/C11H13BrClN3S/c1-8-11(13)6-16(15-8)3-2-14-5-10-4-9(12)7-17-10/h4,6-7,14H,2-3,5H2,1H3. The third-order valence-electron chi connectivity index (χ3n) is 2.33. The lowest BCUT2D eigenvalue weighted by atomic mass is 10.4. The van der Waals surface area contributed by atoms with E-state index in [2.05, 4.69) is 37.8 Å². The van der Waals surface area contributed by atoms with E-state index in [-0.39, 0.29) is 0 Å². The van der Waals surface area contributed by atoms with Crippen LogP contribution in [0.15, 0.2) is 22.1 Å². The van der Waals surface area contributed by atoms with Gasteiger partial charge in [0.25, 0.3) is 0 Å². The molecule has 0 unspecified atom stereocenters. The molecule has 0 aliphatic carbocycles. The van der Waals surface area contributed by atoms with Crippen molar-refractivity contribution in [3.63, 3.8) is 0 Å². The minimum atomic E-state index is 0.729. The van der Waals surface area contributed by atoms with Crippen LogP contribution < -0.4 is 5.32 Å². The number of aromatic nitrogens is 2. The fraction of sp³-hybridized carbons (Fsp3) is 0.364. The van der Waals surface area contributed by atoms with Crippen LogP contribution >= 0.6 is 38.9 Å². The molecule has 3 nitrogen and oxygen atoms in total. The van der Waals surface area contributed by atoms with Crippen molar-refractivity contribution in [1.29, 1.82) is 0 Å². The molecule has 2 aromatic rings. The van der Waals surface area contributed by atoms with Crippen LogP contribution in [-0.4, -0.2) is 16.3 Å². The van der Waals surface area contributed by atoms with Crippen molar-refractivity contribution in [3.8, 4) is 0 Å². The maximum Gasteiger partial charge on any atom is 0.0814 e. The molecule has 0 aromatic carbocycles. The van der Waals surface area contributed by atoms with E-state index >= 15 is 0 Å². The summed E-state index contributed by atoms with van der Waals surface area (Å²) in [5, 5.41) is 10.5. The largest absolute Gasteiger partial charge is 0.310 e. The number of halogens is 2. The first-order chi connectivity index (χ1) is 8.15. The number of aryl methyl sites for hydroxylation is 1. The van der Waals surface area contributed by atoms with Gasteiger partial charge in [0.05, 0.1) is 17.3 Å². The number of rotatable bonds is 5. The number of thiophene rings is 1. The molecule has 92 valence electrons. The number of hydrogen-bond acceptors (Lipinski definition) is 3. The maximum atomic E-state index is 5.93. The molecule has 2 aromatic heterocycles. The number of nitrogens with zero attached hydrogens (tertiary/aromatic N) is 2. The van der Waals surface area contributed by atoms with E-state index in [9.17, 15) is 0 Å². The van der Waals surface area contributed by atoms with E-state index < -0.39 is 0 Å². The van der Waals surface area contributed by atoms with Crippen molar-refractivity contribution < 1.29 is 0 Å². The lowest BCUT2D eigenvalue weighted by Crippen LogP contribution is -2.19. The predicted octanol–water partition coefficient (Wildman–Crippen LogP) is 3.46. The molecule has 1 N–H and O–H groups in total. The SMILES string of the molecule is Cc1nn(CCNCc2cc(Br)cs2)cc1Cl. The van der Waals surface area contributed by atoms with Gasteiger partial charge in [-0.1, -0.05) is 11.6 Å². The lowest BCUT2D eigenvalue weighted by molar-refractivity contribution is 0.554. The Morgan fingerprint density at radius 2 is 2.41 bits per heavy atom. The molecule has 0 aliphatic rings. The van der Waals surface area contributed by atoms with Crippen molar-refractivity contribution in [1.82, 2.24) is 15.1 Å². The van der Waals surface area contributed by atoms with Crippen molar-refractivity contribution in [2.45, 2.75) is 20.0 Å². The van der Waals surface area contributed by atoms with Crippen LogP contribution in [0.1, 0.15) is 10.6 Å². The van der Waals surface area contributed by atoms with Gasteiger partial charge >= 0.3 is 0 Å². The third-order valence-corrected chi connectivity index (χ3v) is 4.39. The van der Waals surface area contributed by atoms with Crippen molar-refractivity contribution in [3.05, 3.63) is 37.7 Å². The van der Waals surface area contributed by atoms with Gasteiger partial charge in [-0.2, -0.15) is 5.10 Å². The van der Waals surface area contributed by atoms with Gasteiger partial charge in [-0.15, -0.1) is 11.3 Å². The molecule has 0 spiro atoms. The molecular formula is C11H13BrClN3S. The van der Waals surface area contributed by atoms with Crippen LogP contribution in [0.25, 0.3) is 0 Å². The fourth-order valence-electron chi connectivity index (χ4n) is 1.46. The van der Waals surface area contributed by atoms with E-state index in [4.69, 9.17) is 11.6 Å². The molecule has 2 rings (SSSR count). The smallest absolute Gasteiger partial charge is 0.0814 e. The Balaban J connectivity index is 1.73. The van der Waals surface area contributed by atoms with Gasteiger partial charge in [0.1, 0.15) is 0 Å². The van der Waals surface area contributed by atoms with Gasteiger partial charge in [0.15, 0.2) is 0 Å². The molecule has 0 saturated carbocycles. The Bertz CT molecular complexity index is 475. The molecule has 0 atom stereocenters. The van der Waals surface area contributed by atoms with Crippen LogP contribution in [0.4, 0.5) is 0 Å². The Morgan fingerprint density at radius 1 is 1.59 bits per heavy atom. The highest BCUT2D eigenvalue weighted by atomic mass is 79.9. The maximum absolute atomic E-state index is 5.93. The van der Waals surface area contributed by atoms with Crippen LogP contribution in [0.3, 0.4) is 0 Å². The second kappa shape index (κ2) is 6.00. The highest BCUT2D eigenvalue weighted by Crippen LogP contribution is 2.19. The molecule has 2 heterocycles. The zero-order chi connectivity index (χ0) is 12.3. The first kappa shape index (κ1) is 13.1. The summed E-state index contributed by atoms with van der Waals surface area (Å²) in [6.45, 7) is 4.52. The second-order valence-corrected chi connectivity index (χ2v) is 6.05. The average molecular weight is 335 g/mol. The van der Waals surface area contributed by atoms with Crippen molar-refractivity contribution >= 4 is 38.9 Å². The Morgan fingerprint density at radius 3 is 3.00 bits per heavy atom. The molecular weight excluding hydrogens is 322 g/mol. The number of hydrogen-bond donors (Lipinski definition) is 1. The summed E-state index contributed by atoms with van der Waals surface area (Å²) < 4.78 is 3.02. The summed E-state index contributed by atoms with van der Waals surface area (Å²) in [5.41, 5.74) is 0.883. The van der Waals surface area contributed by atoms with E-state index in [0.717, 1.165) is 34.8 Å². The molecule has 0 saturated heterocycles. The lowest BCUT2D eigenvalue weighted by Gasteiger charge is -2.03. The first-order valence-corrected chi connectivity index (χ1v) is 7.33. The summed E-state index contributed by atoms with van der Waals surface area (Å²) in [4.78, 5) is 1.33. The van der Waals surface area contributed by atoms with Crippen molar-refractivity contribution in [2.75, 3.05) is 6.54 Å². The highest BCUT2D eigenvalue weighted by molar-refractivity contribution is 9.10. The Kier molecular flexibility index (Phi) is 4.62. The Labute approximate surface area is 118 Å². The van der Waals surface area contributed by atoms with Gasteiger partial charge < -0.3 is 5.32 Å². The third kappa shape index (κ3) is 3.81. The second-order valence-electron chi connectivity index (χ2n) is 3.73. The summed E-state index contributed by atoms with van der Waals surface area (Å²) in [5.74, 6) is 0.